The Balaban J connectivity index is 1.81. The van der Waals surface area contributed by atoms with Crippen LogP contribution in [-0.4, -0.2) is 20.6 Å². The van der Waals surface area contributed by atoms with Gasteiger partial charge in [0, 0.05) is 23.4 Å². The second-order valence-electron chi connectivity index (χ2n) is 6.50. The van der Waals surface area contributed by atoms with Gasteiger partial charge in [0.1, 0.15) is 0 Å². The Morgan fingerprint density at radius 3 is 2.59 bits per heavy atom. The maximum absolute atomic E-state index is 12.6. The highest BCUT2D eigenvalue weighted by Gasteiger charge is 2.13. The Morgan fingerprint density at radius 1 is 1.15 bits per heavy atom. The van der Waals surface area contributed by atoms with Crippen LogP contribution in [0.25, 0.3) is 0 Å². The van der Waals surface area contributed by atoms with E-state index in [2.05, 4.69) is 10.4 Å². The molecule has 2 aromatic carbocycles. The number of benzene rings is 2. The van der Waals surface area contributed by atoms with E-state index in [0.717, 1.165) is 22.5 Å². The molecule has 3 aromatic rings. The Labute approximate surface area is 156 Å². The summed E-state index contributed by atoms with van der Waals surface area (Å²) >= 11 is 0. The molecule has 27 heavy (non-hydrogen) atoms. The molecule has 0 aliphatic rings. The van der Waals surface area contributed by atoms with E-state index >= 15 is 0 Å². The van der Waals surface area contributed by atoms with Crippen molar-refractivity contribution in [2.45, 2.75) is 27.3 Å². The summed E-state index contributed by atoms with van der Waals surface area (Å²) in [5.41, 5.74) is 4.56. The molecule has 0 saturated carbocycles. The molecule has 1 N–H and O–H groups in total. The number of nitrogens with zero attached hydrogens (tertiary/aromatic N) is 3. The van der Waals surface area contributed by atoms with Gasteiger partial charge in [0.25, 0.3) is 11.6 Å². The van der Waals surface area contributed by atoms with Crippen molar-refractivity contribution in [2.75, 3.05) is 5.32 Å². The van der Waals surface area contributed by atoms with Crippen molar-refractivity contribution in [3.05, 3.63) is 86.7 Å². The minimum absolute atomic E-state index is 0.0609. The number of nitrogens with one attached hydrogen (secondary N) is 1. The third-order valence-corrected chi connectivity index (χ3v) is 4.31. The average Bonchev–Trinajstić information content (AvgIpc) is 2.94. The SMILES string of the molecule is Cc1cc(C)n(Cc2cccc(C(=O)Nc3cc([N+](=O)[O-])ccc3C)c2)n1. The van der Waals surface area contributed by atoms with Crippen LogP contribution in [-0.2, 0) is 6.54 Å². The Bertz CT molecular complexity index is 1020. The highest BCUT2D eigenvalue weighted by atomic mass is 16.6. The number of hydrogen-bond acceptors (Lipinski definition) is 4. The smallest absolute Gasteiger partial charge is 0.271 e. The monoisotopic (exact) mass is 364 g/mol. The van der Waals surface area contributed by atoms with Crippen molar-refractivity contribution in [1.29, 1.82) is 0 Å². The number of hydrogen-bond donors (Lipinski definition) is 1. The molecule has 0 unspecified atom stereocenters. The summed E-state index contributed by atoms with van der Waals surface area (Å²) in [5.74, 6) is -0.311. The first kappa shape index (κ1) is 18.3. The first-order valence-electron chi connectivity index (χ1n) is 8.50. The highest BCUT2D eigenvalue weighted by molar-refractivity contribution is 6.04. The van der Waals surface area contributed by atoms with Gasteiger partial charge < -0.3 is 5.32 Å². The van der Waals surface area contributed by atoms with E-state index in [1.165, 1.54) is 12.1 Å². The molecule has 0 bridgehead atoms. The zero-order chi connectivity index (χ0) is 19.6. The normalized spacial score (nSPS) is 10.6. The van der Waals surface area contributed by atoms with Gasteiger partial charge in [0.05, 0.1) is 22.8 Å². The van der Waals surface area contributed by atoms with Gasteiger partial charge in [0.2, 0.25) is 0 Å². The van der Waals surface area contributed by atoms with Gasteiger partial charge in [-0.05, 0) is 50.1 Å². The fourth-order valence-electron chi connectivity index (χ4n) is 2.87. The Hall–Kier alpha value is -3.48. The zero-order valence-corrected chi connectivity index (χ0v) is 15.4. The minimum Gasteiger partial charge on any atom is -0.321 e. The van der Waals surface area contributed by atoms with E-state index in [9.17, 15) is 14.9 Å². The van der Waals surface area contributed by atoms with Crippen molar-refractivity contribution < 1.29 is 9.72 Å². The summed E-state index contributed by atoms with van der Waals surface area (Å²) < 4.78 is 1.89. The maximum atomic E-state index is 12.6. The third kappa shape index (κ3) is 4.20. The summed E-state index contributed by atoms with van der Waals surface area (Å²) in [5, 5.41) is 18.2. The summed E-state index contributed by atoms with van der Waals surface area (Å²) in [6.07, 6.45) is 0. The fourth-order valence-corrected chi connectivity index (χ4v) is 2.87. The van der Waals surface area contributed by atoms with Crippen LogP contribution in [0, 0.1) is 30.9 Å². The number of rotatable bonds is 5. The molecule has 0 atom stereocenters. The average molecular weight is 364 g/mol. The van der Waals surface area contributed by atoms with Crippen LogP contribution in [0.5, 0.6) is 0 Å². The van der Waals surface area contributed by atoms with Gasteiger partial charge in [-0.25, -0.2) is 0 Å². The second-order valence-corrected chi connectivity index (χ2v) is 6.50. The molecule has 0 radical (unpaired) electrons. The van der Waals surface area contributed by atoms with Crippen molar-refractivity contribution in [3.8, 4) is 0 Å². The van der Waals surface area contributed by atoms with Crippen LogP contribution in [0.15, 0.2) is 48.5 Å². The molecule has 0 saturated heterocycles. The molecule has 138 valence electrons. The molecule has 0 aliphatic heterocycles. The number of aryl methyl sites for hydroxylation is 3. The van der Waals surface area contributed by atoms with Crippen molar-refractivity contribution in [1.82, 2.24) is 9.78 Å². The maximum Gasteiger partial charge on any atom is 0.271 e. The number of carbonyl (C=O) groups excluding carboxylic acids is 1. The van der Waals surface area contributed by atoms with Gasteiger partial charge in [0.15, 0.2) is 0 Å². The first-order valence-corrected chi connectivity index (χ1v) is 8.50. The van der Waals surface area contributed by atoms with Crippen molar-refractivity contribution >= 4 is 17.3 Å². The molecule has 1 aromatic heterocycles. The first-order chi connectivity index (χ1) is 12.8. The topological polar surface area (TPSA) is 90.1 Å². The molecule has 0 fully saturated rings. The largest absolute Gasteiger partial charge is 0.321 e. The zero-order valence-electron chi connectivity index (χ0n) is 15.4. The number of carbonyl (C=O) groups is 1. The molecule has 7 nitrogen and oxygen atoms in total. The lowest BCUT2D eigenvalue weighted by Crippen LogP contribution is -2.14. The van der Waals surface area contributed by atoms with E-state index < -0.39 is 4.92 Å². The number of anilines is 1. The molecule has 0 aliphatic carbocycles. The number of amides is 1. The Morgan fingerprint density at radius 2 is 1.93 bits per heavy atom. The lowest BCUT2D eigenvalue weighted by atomic mass is 10.1. The van der Waals surface area contributed by atoms with Crippen LogP contribution >= 0.6 is 0 Å². The van der Waals surface area contributed by atoms with Crippen molar-refractivity contribution in [3.63, 3.8) is 0 Å². The van der Waals surface area contributed by atoms with Crippen LogP contribution in [0.4, 0.5) is 11.4 Å². The summed E-state index contributed by atoms with van der Waals surface area (Å²) in [4.78, 5) is 23.1. The van der Waals surface area contributed by atoms with Gasteiger partial charge in [-0.15, -0.1) is 0 Å². The minimum atomic E-state index is -0.482. The number of aromatic nitrogens is 2. The molecule has 1 amide bonds. The number of nitro benzene ring substituents is 1. The number of non-ortho nitro benzene ring substituents is 1. The predicted molar refractivity (Wildman–Crippen MR) is 103 cm³/mol. The highest BCUT2D eigenvalue weighted by Crippen LogP contribution is 2.22. The third-order valence-electron chi connectivity index (χ3n) is 4.31. The Kier molecular flexibility index (Phi) is 5.03. The molecular weight excluding hydrogens is 344 g/mol. The lowest BCUT2D eigenvalue weighted by molar-refractivity contribution is -0.384. The van der Waals surface area contributed by atoms with Gasteiger partial charge >= 0.3 is 0 Å². The summed E-state index contributed by atoms with van der Waals surface area (Å²) in [7, 11) is 0. The predicted octanol–water partition coefficient (Wildman–Crippen LogP) is 4.02. The second kappa shape index (κ2) is 7.41. The quantitative estimate of drug-likeness (QED) is 0.547. The van der Waals surface area contributed by atoms with Crippen LogP contribution in [0.1, 0.15) is 32.9 Å². The van der Waals surface area contributed by atoms with Crippen molar-refractivity contribution in [2.24, 2.45) is 0 Å². The van der Waals surface area contributed by atoms with Gasteiger partial charge in [-0.1, -0.05) is 18.2 Å². The molecular formula is C20H20N4O3. The fraction of sp³-hybridized carbons (Fsp3) is 0.200. The van der Waals surface area contributed by atoms with E-state index in [4.69, 9.17) is 0 Å². The van der Waals surface area contributed by atoms with E-state index in [1.807, 2.05) is 36.7 Å². The molecule has 7 heteroatoms. The molecule has 0 spiro atoms. The standard InChI is InChI=1S/C20H20N4O3/c1-13-7-8-18(24(26)27)11-19(13)21-20(25)17-6-4-5-16(10-17)12-23-15(3)9-14(2)22-23/h4-11H,12H2,1-3H3,(H,21,25). The molecule has 3 rings (SSSR count). The van der Waals surface area contributed by atoms with E-state index in [-0.39, 0.29) is 11.6 Å². The summed E-state index contributed by atoms with van der Waals surface area (Å²) in [6, 6.07) is 13.7. The van der Waals surface area contributed by atoms with Gasteiger partial charge in [-0.2, -0.15) is 5.10 Å². The van der Waals surface area contributed by atoms with Gasteiger partial charge in [-0.3, -0.25) is 19.6 Å². The lowest BCUT2D eigenvalue weighted by Gasteiger charge is -2.10. The van der Waals surface area contributed by atoms with Crippen LogP contribution in [0.3, 0.4) is 0 Å². The number of nitro groups is 1. The molecule has 1 heterocycles. The van der Waals surface area contributed by atoms with E-state index in [1.54, 1.807) is 25.1 Å². The van der Waals surface area contributed by atoms with Crippen LogP contribution < -0.4 is 5.32 Å². The van der Waals surface area contributed by atoms with E-state index in [0.29, 0.717) is 17.8 Å². The summed E-state index contributed by atoms with van der Waals surface area (Å²) in [6.45, 7) is 6.28. The van der Waals surface area contributed by atoms with Crippen LogP contribution in [0.2, 0.25) is 0 Å².